The average molecular weight is 298 g/mol. The van der Waals surface area contributed by atoms with Gasteiger partial charge in [-0.15, -0.1) is 0 Å². The number of piperidine rings is 1. The summed E-state index contributed by atoms with van der Waals surface area (Å²) in [6.45, 7) is 7.38. The first-order valence-corrected chi connectivity index (χ1v) is 8.36. The number of nitrogens with zero attached hydrogens (tertiary/aromatic N) is 1. The van der Waals surface area contributed by atoms with Crippen LogP contribution in [0.5, 0.6) is 0 Å². The molecule has 3 heteroatoms. The van der Waals surface area contributed by atoms with Crippen LogP contribution in [-0.4, -0.2) is 13.1 Å². The van der Waals surface area contributed by atoms with Gasteiger partial charge in [-0.05, 0) is 62.9 Å². The largest absolute Gasteiger partial charge is 0.465 e. The van der Waals surface area contributed by atoms with Crippen LogP contribution >= 0.6 is 0 Å². The van der Waals surface area contributed by atoms with Crippen molar-refractivity contribution in [3.63, 3.8) is 0 Å². The smallest absolute Gasteiger partial charge is 0.120 e. The van der Waals surface area contributed by atoms with Gasteiger partial charge in [-0.1, -0.05) is 12.1 Å². The van der Waals surface area contributed by atoms with Crippen molar-refractivity contribution in [3.8, 4) is 0 Å². The molecule has 1 aliphatic heterocycles. The van der Waals surface area contributed by atoms with Crippen LogP contribution in [0.4, 0.5) is 5.69 Å². The molecule has 1 N–H and O–H groups in total. The highest BCUT2D eigenvalue weighted by atomic mass is 16.3. The number of anilines is 1. The van der Waals surface area contributed by atoms with Crippen LogP contribution in [-0.2, 0) is 6.54 Å². The Labute approximate surface area is 133 Å². The van der Waals surface area contributed by atoms with E-state index >= 15 is 0 Å². The Balaban J connectivity index is 1.54. The number of hydrogen-bond acceptors (Lipinski definition) is 3. The lowest BCUT2D eigenvalue weighted by molar-refractivity contribution is 0.416. The van der Waals surface area contributed by atoms with Gasteiger partial charge in [0.15, 0.2) is 0 Å². The van der Waals surface area contributed by atoms with Crippen LogP contribution < -0.4 is 10.2 Å². The second-order valence-corrected chi connectivity index (χ2v) is 6.27. The molecule has 1 aliphatic rings. The van der Waals surface area contributed by atoms with Gasteiger partial charge < -0.3 is 14.6 Å². The maximum atomic E-state index is 5.66. The molecule has 1 saturated heterocycles. The fourth-order valence-corrected chi connectivity index (χ4v) is 3.03. The van der Waals surface area contributed by atoms with Gasteiger partial charge in [0.05, 0.1) is 6.04 Å². The summed E-state index contributed by atoms with van der Waals surface area (Å²) in [5.74, 6) is 1.97. The third-order valence-corrected chi connectivity index (χ3v) is 4.46. The van der Waals surface area contributed by atoms with Crippen LogP contribution in [0.1, 0.15) is 49.3 Å². The fraction of sp³-hybridized carbons (Fsp3) is 0.474. The standard InChI is InChI=1S/C19H26N2O/c1-15-6-11-19(22-15)16(2)20-14-17-7-9-18(10-8-17)21-12-4-3-5-13-21/h6-11,16,20H,3-5,12-14H2,1-2H3. The van der Waals surface area contributed by atoms with Crippen LogP contribution in [0.25, 0.3) is 0 Å². The van der Waals surface area contributed by atoms with E-state index in [-0.39, 0.29) is 6.04 Å². The Morgan fingerprint density at radius 3 is 2.41 bits per heavy atom. The topological polar surface area (TPSA) is 28.4 Å². The van der Waals surface area contributed by atoms with Crippen molar-refractivity contribution >= 4 is 5.69 Å². The Morgan fingerprint density at radius 1 is 1.05 bits per heavy atom. The summed E-state index contributed by atoms with van der Waals surface area (Å²) >= 11 is 0. The van der Waals surface area contributed by atoms with Gasteiger partial charge in [-0.3, -0.25) is 0 Å². The molecule has 1 aromatic carbocycles. The van der Waals surface area contributed by atoms with Gasteiger partial charge in [-0.25, -0.2) is 0 Å². The van der Waals surface area contributed by atoms with E-state index in [0.717, 1.165) is 18.1 Å². The minimum absolute atomic E-state index is 0.232. The van der Waals surface area contributed by atoms with E-state index in [0.29, 0.717) is 0 Å². The lowest BCUT2D eigenvalue weighted by Gasteiger charge is -2.28. The fourth-order valence-electron chi connectivity index (χ4n) is 3.03. The summed E-state index contributed by atoms with van der Waals surface area (Å²) in [4.78, 5) is 2.49. The van der Waals surface area contributed by atoms with Crippen molar-refractivity contribution in [1.82, 2.24) is 5.32 Å². The molecule has 0 bridgehead atoms. The van der Waals surface area contributed by atoms with E-state index in [4.69, 9.17) is 4.42 Å². The van der Waals surface area contributed by atoms with Gasteiger partial charge >= 0.3 is 0 Å². The minimum Gasteiger partial charge on any atom is -0.465 e. The number of furan rings is 1. The van der Waals surface area contributed by atoms with E-state index < -0.39 is 0 Å². The molecule has 1 aromatic heterocycles. The SMILES string of the molecule is Cc1ccc(C(C)NCc2ccc(N3CCCCC3)cc2)o1. The first-order chi connectivity index (χ1) is 10.7. The quantitative estimate of drug-likeness (QED) is 0.885. The maximum absolute atomic E-state index is 5.66. The normalized spacial score (nSPS) is 16.7. The van der Waals surface area contributed by atoms with Gasteiger partial charge in [0, 0.05) is 25.3 Å². The van der Waals surface area contributed by atoms with Crippen molar-refractivity contribution in [2.75, 3.05) is 18.0 Å². The number of aryl methyl sites for hydroxylation is 1. The van der Waals surface area contributed by atoms with Crippen LogP contribution in [0.15, 0.2) is 40.8 Å². The molecule has 3 rings (SSSR count). The van der Waals surface area contributed by atoms with Gasteiger partial charge in [-0.2, -0.15) is 0 Å². The maximum Gasteiger partial charge on any atom is 0.120 e. The summed E-state index contributed by atoms with van der Waals surface area (Å²) in [6, 6.07) is 13.3. The summed E-state index contributed by atoms with van der Waals surface area (Å²) < 4.78 is 5.66. The molecule has 1 atom stereocenters. The molecule has 22 heavy (non-hydrogen) atoms. The molecular weight excluding hydrogens is 272 g/mol. The number of rotatable bonds is 5. The molecule has 0 spiro atoms. The van der Waals surface area contributed by atoms with Crippen LogP contribution in [0, 0.1) is 6.92 Å². The summed E-state index contributed by atoms with van der Waals surface area (Å²) in [6.07, 6.45) is 4.02. The van der Waals surface area contributed by atoms with E-state index in [2.05, 4.69) is 41.4 Å². The van der Waals surface area contributed by atoms with Crippen molar-refractivity contribution in [1.29, 1.82) is 0 Å². The second kappa shape index (κ2) is 7.01. The first kappa shape index (κ1) is 15.2. The van der Waals surface area contributed by atoms with Crippen molar-refractivity contribution in [2.24, 2.45) is 0 Å². The minimum atomic E-state index is 0.232. The first-order valence-electron chi connectivity index (χ1n) is 8.36. The molecule has 2 heterocycles. The zero-order valence-corrected chi connectivity index (χ0v) is 13.6. The van der Waals surface area contributed by atoms with E-state index in [9.17, 15) is 0 Å². The monoisotopic (exact) mass is 298 g/mol. The lowest BCUT2D eigenvalue weighted by Crippen LogP contribution is -2.29. The molecule has 0 amide bonds. The highest BCUT2D eigenvalue weighted by Crippen LogP contribution is 2.21. The van der Waals surface area contributed by atoms with Crippen molar-refractivity contribution < 1.29 is 4.42 Å². The molecule has 1 unspecified atom stereocenters. The number of hydrogen-bond donors (Lipinski definition) is 1. The van der Waals surface area contributed by atoms with Crippen LogP contribution in [0.2, 0.25) is 0 Å². The molecule has 1 fully saturated rings. The highest BCUT2D eigenvalue weighted by molar-refractivity contribution is 5.47. The Bertz CT molecular complexity index is 582. The molecule has 2 aromatic rings. The molecule has 0 aliphatic carbocycles. The third-order valence-electron chi connectivity index (χ3n) is 4.46. The second-order valence-electron chi connectivity index (χ2n) is 6.27. The Morgan fingerprint density at radius 2 is 1.77 bits per heavy atom. The number of benzene rings is 1. The average Bonchev–Trinajstić information content (AvgIpc) is 3.00. The van der Waals surface area contributed by atoms with Crippen molar-refractivity contribution in [3.05, 3.63) is 53.5 Å². The molecule has 0 saturated carbocycles. The number of nitrogens with one attached hydrogen (secondary N) is 1. The highest BCUT2D eigenvalue weighted by Gasteiger charge is 2.11. The van der Waals surface area contributed by atoms with Gasteiger partial charge in [0.1, 0.15) is 11.5 Å². The third kappa shape index (κ3) is 3.72. The molecule has 3 nitrogen and oxygen atoms in total. The predicted octanol–water partition coefficient (Wildman–Crippen LogP) is 4.43. The predicted molar refractivity (Wildman–Crippen MR) is 91.2 cm³/mol. The Hall–Kier alpha value is -1.74. The van der Waals surface area contributed by atoms with Crippen LogP contribution in [0.3, 0.4) is 0 Å². The van der Waals surface area contributed by atoms with Gasteiger partial charge in [0.2, 0.25) is 0 Å². The molecular formula is C19H26N2O. The Kier molecular flexibility index (Phi) is 4.84. The molecule has 118 valence electrons. The zero-order valence-electron chi connectivity index (χ0n) is 13.6. The van der Waals surface area contributed by atoms with E-state index in [1.807, 2.05) is 19.1 Å². The van der Waals surface area contributed by atoms with E-state index in [1.54, 1.807) is 0 Å². The summed E-state index contributed by atoms with van der Waals surface area (Å²) in [5, 5.41) is 3.52. The zero-order chi connectivity index (χ0) is 15.4. The van der Waals surface area contributed by atoms with Gasteiger partial charge in [0.25, 0.3) is 0 Å². The van der Waals surface area contributed by atoms with E-state index in [1.165, 1.54) is 43.6 Å². The van der Waals surface area contributed by atoms with Crippen molar-refractivity contribution in [2.45, 2.75) is 45.7 Å². The summed E-state index contributed by atoms with van der Waals surface area (Å²) in [5.41, 5.74) is 2.68. The summed E-state index contributed by atoms with van der Waals surface area (Å²) in [7, 11) is 0. The molecule has 0 radical (unpaired) electrons. The lowest BCUT2D eigenvalue weighted by atomic mass is 10.1.